The van der Waals surface area contributed by atoms with Gasteiger partial charge in [-0.1, -0.05) is 57.2 Å². The average molecular weight is 287 g/mol. The molecule has 20 heavy (non-hydrogen) atoms. The number of rotatable bonds is 4. The molecule has 0 radical (unpaired) electrons. The van der Waals surface area contributed by atoms with E-state index in [9.17, 15) is 4.21 Å². The molecular formula is C17H21NOS. The van der Waals surface area contributed by atoms with Crippen molar-refractivity contribution in [2.45, 2.75) is 37.5 Å². The maximum atomic E-state index is 12.9. The van der Waals surface area contributed by atoms with Gasteiger partial charge in [-0.3, -0.25) is 4.21 Å². The summed E-state index contributed by atoms with van der Waals surface area (Å²) >= 11 is 0. The van der Waals surface area contributed by atoms with Crippen molar-refractivity contribution >= 4 is 10.8 Å². The Bertz CT molecular complexity index is 561. The average Bonchev–Trinajstić information content (AvgIpc) is 2.45. The van der Waals surface area contributed by atoms with Crippen LogP contribution < -0.4 is 0 Å². The summed E-state index contributed by atoms with van der Waals surface area (Å²) in [4.78, 5) is 4.25. The van der Waals surface area contributed by atoms with E-state index in [1.807, 2.05) is 36.4 Å². The highest BCUT2D eigenvalue weighted by atomic mass is 32.2. The zero-order chi connectivity index (χ0) is 14.6. The maximum absolute atomic E-state index is 12.9. The molecule has 1 heterocycles. The van der Waals surface area contributed by atoms with Gasteiger partial charge in [0.05, 0.1) is 16.0 Å². The van der Waals surface area contributed by atoms with E-state index in [1.54, 1.807) is 6.20 Å². The lowest BCUT2D eigenvalue weighted by Crippen LogP contribution is -2.16. The van der Waals surface area contributed by atoms with E-state index in [0.29, 0.717) is 5.03 Å². The van der Waals surface area contributed by atoms with Crippen molar-refractivity contribution in [3.05, 3.63) is 60.3 Å². The van der Waals surface area contributed by atoms with Crippen LogP contribution in [0.4, 0.5) is 0 Å². The number of pyridine rings is 1. The van der Waals surface area contributed by atoms with E-state index >= 15 is 0 Å². The molecule has 0 N–H and O–H groups in total. The first kappa shape index (κ1) is 14.9. The van der Waals surface area contributed by atoms with E-state index in [1.165, 1.54) is 0 Å². The third-order valence-corrected chi connectivity index (χ3v) is 4.68. The SMILES string of the molecule is CC(C)(C)C[C@@H](c1ccccc1)S(=O)c1ccccn1. The second kappa shape index (κ2) is 6.31. The van der Waals surface area contributed by atoms with Crippen molar-refractivity contribution in [1.82, 2.24) is 4.98 Å². The number of hydrogen-bond acceptors (Lipinski definition) is 2. The normalized spacial score (nSPS) is 14.8. The molecule has 106 valence electrons. The third kappa shape index (κ3) is 4.01. The summed E-state index contributed by atoms with van der Waals surface area (Å²) in [5.74, 6) is 0. The molecule has 0 bridgehead atoms. The lowest BCUT2D eigenvalue weighted by Gasteiger charge is -2.25. The van der Waals surface area contributed by atoms with Crippen LogP contribution in [0.1, 0.15) is 38.0 Å². The number of benzene rings is 1. The molecule has 1 unspecified atom stereocenters. The van der Waals surface area contributed by atoms with Gasteiger partial charge < -0.3 is 0 Å². The first-order valence-electron chi connectivity index (χ1n) is 6.84. The Hall–Kier alpha value is -1.48. The fourth-order valence-electron chi connectivity index (χ4n) is 2.15. The quantitative estimate of drug-likeness (QED) is 0.836. The summed E-state index contributed by atoms with van der Waals surface area (Å²) in [5, 5.41) is 0.636. The Morgan fingerprint density at radius 2 is 1.70 bits per heavy atom. The maximum Gasteiger partial charge on any atom is 0.127 e. The molecule has 0 aliphatic heterocycles. The van der Waals surface area contributed by atoms with Crippen LogP contribution in [0, 0.1) is 5.41 Å². The van der Waals surface area contributed by atoms with Gasteiger partial charge in [-0.2, -0.15) is 0 Å². The molecule has 0 aliphatic rings. The highest BCUT2D eigenvalue weighted by Crippen LogP contribution is 2.35. The first-order chi connectivity index (χ1) is 9.47. The molecule has 1 aromatic heterocycles. The lowest BCUT2D eigenvalue weighted by atomic mass is 9.88. The molecular weight excluding hydrogens is 266 g/mol. The molecule has 0 amide bonds. The molecule has 2 rings (SSSR count). The second-order valence-corrected chi connectivity index (χ2v) is 7.71. The van der Waals surface area contributed by atoms with Crippen LogP contribution in [0.2, 0.25) is 0 Å². The van der Waals surface area contributed by atoms with Crippen molar-refractivity contribution in [1.29, 1.82) is 0 Å². The van der Waals surface area contributed by atoms with Crippen molar-refractivity contribution < 1.29 is 4.21 Å². The second-order valence-electron chi connectivity index (χ2n) is 6.13. The molecule has 2 aromatic rings. The standard InChI is InChI=1S/C17H21NOS/c1-17(2,3)13-15(14-9-5-4-6-10-14)20(19)16-11-7-8-12-18-16/h4-12,15H,13H2,1-3H3/t15-,20?/m0/s1. The van der Waals surface area contributed by atoms with Crippen molar-refractivity contribution in [2.24, 2.45) is 5.41 Å². The molecule has 0 saturated carbocycles. The van der Waals surface area contributed by atoms with Crippen LogP contribution in [-0.2, 0) is 10.8 Å². The highest BCUT2D eigenvalue weighted by molar-refractivity contribution is 7.85. The van der Waals surface area contributed by atoms with Gasteiger partial charge in [-0.25, -0.2) is 4.98 Å². The van der Waals surface area contributed by atoms with E-state index in [-0.39, 0.29) is 10.7 Å². The minimum atomic E-state index is -1.13. The highest BCUT2D eigenvalue weighted by Gasteiger charge is 2.26. The lowest BCUT2D eigenvalue weighted by molar-refractivity contribution is 0.371. The molecule has 1 aromatic carbocycles. The minimum absolute atomic E-state index is 0.0221. The van der Waals surface area contributed by atoms with Gasteiger partial charge in [0.2, 0.25) is 0 Å². The van der Waals surface area contributed by atoms with Gasteiger partial charge in [0, 0.05) is 6.20 Å². The molecule has 0 aliphatic carbocycles. The smallest absolute Gasteiger partial charge is 0.127 e. The Morgan fingerprint density at radius 3 is 2.25 bits per heavy atom. The number of hydrogen-bond donors (Lipinski definition) is 0. The van der Waals surface area contributed by atoms with Gasteiger partial charge in [0.15, 0.2) is 0 Å². The van der Waals surface area contributed by atoms with Crippen molar-refractivity contribution in [2.75, 3.05) is 0 Å². The molecule has 2 atom stereocenters. The van der Waals surface area contributed by atoms with E-state index in [4.69, 9.17) is 0 Å². The predicted octanol–water partition coefficient (Wildman–Crippen LogP) is 4.37. The molecule has 0 spiro atoms. The summed E-state index contributed by atoms with van der Waals surface area (Å²) in [6, 6.07) is 15.7. The Labute approximate surface area is 123 Å². The third-order valence-electron chi connectivity index (χ3n) is 3.07. The van der Waals surface area contributed by atoms with E-state index in [0.717, 1.165) is 12.0 Å². The topological polar surface area (TPSA) is 30.0 Å². The van der Waals surface area contributed by atoms with Gasteiger partial charge in [-0.05, 0) is 29.5 Å². The van der Waals surface area contributed by atoms with Crippen LogP contribution in [0.5, 0.6) is 0 Å². The number of nitrogens with zero attached hydrogens (tertiary/aromatic N) is 1. The fraction of sp³-hybridized carbons (Fsp3) is 0.353. The van der Waals surface area contributed by atoms with Crippen LogP contribution in [0.3, 0.4) is 0 Å². The van der Waals surface area contributed by atoms with Crippen LogP contribution in [-0.4, -0.2) is 9.19 Å². The fourth-order valence-corrected chi connectivity index (χ4v) is 3.88. The summed E-state index contributed by atoms with van der Waals surface area (Å²) in [7, 11) is -1.13. The van der Waals surface area contributed by atoms with Crippen LogP contribution in [0.25, 0.3) is 0 Å². The minimum Gasteiger partial charge on any atom is -0.252 e. The van der Waals surface area contributed by atoms with Gasteiger partial charge in [-0.15, -0.1) is 0 Å². The van der Waals surface area contributed by atoms with E-state index < -0.39 is 10.8 Å². The summed E-state index contributed by atoms with van der Waals surface area (Å²) < 4.78 is 12.9. The Morgan fingerprint density at radius 1 is 1.05 bits per heavy atom. The zero-order valence-electron chi connectivity index (χ0n) is 12.2. The van der Waals surface area contributed by atoms with Crippen molar-refractivity contribution in [3.8, 4) is 0 Å². The first-order valence-corrected chi connectivity index (χ1v) is 8.05. The summed E-state index contributed by atoms with van der Waals surface area (Å²) in [5.41, 5.74) is 1.23. The van der Waals surface area contributed by atoms with E-state index in [2.05, 4.69) is 37.9 Å². The summed E-state index contributed by atoms with van der Waals surface area (Å²) in [6.45, 7) is 6.54. The van der Waals surface area contributed by atoms with Crippen LogP contribution in [0.15, 0.2) is 59.8 Å². The molecule has 3 heteroatoms. The monoisotopic (exact) mass is 287 g/mol. The Balaban J connectivity index is 2.35. The van der Waals surface area contributed by atoms with Gasteiger partial charge in [0.1, 0.15) is 5.03 Å². The number of aromatic nitrogens is 1. The summed E-state index contributed by atoms with van der Waals surface area (Å²) in [6.07, 6.45) is 2.56. The zero-order valence-corrected chi connectivity index (χ0v) is 13.1. The van der Waals surface area contributed by atoms with Gasteiger partial charge >= 0.3 is 0 Å². The Kier molecular flexibility index (Phi) is 4.71. The van der Waals surface area contributed by atoms with Crippen LogP contribution >= 0.6 is 0 Å². The van der Waals surface area contributed by atoms with Gasteiger partial charge in [0.25, 0.3) is 0 Å². The largest absolute Gasteiger partial charge is 0.252 e. The predicted molar refractivity (Wildman–Crippen MR) is 83.9 cm³/mol. The molecule has 0 saturated heterocycles. The van der Waals surface area contributed by atoms with Crippen molar-refractivity contribution in [3.63, 3.8) is 0 Å². The molecule has 2 nitrogen and oxygen atoms in total. The molecule has 0 fully saturated rings.